The summed E-state index contributed by atoms with van der Waals surface area (Å²) in [7, 11) is 0. The van der Waals surface area contributed by atoms with Crippen molar-refractivity contribution in [1.29, 1.82) is 0 Å². The van der Waals surface area contributed by atoms with Gasteiger partial charge >= 0.3 is 5.97 Å². The van der Waals surface area contributed by atoms with Gasteiger partial charge in [-0.1, -0.05) is 0 Å². The Balaban J connectivity index is 1.70. The molecule has 0 aromatic carbocycles. The number of Topliss-reactive ketones (excluding diaryl/α,β-unsaturated/α-hetero) is 1. The van der Waals surface area contributed by atoms with Gasteiger partial charge in [-0.05, 0) is 80.0 Å². The van der Waals surface area contributed by atoms with Gasteiger partial charge in [0, 0.05) is 5.41 Å². The summed E-state index contributed by atoms with van der Waals surface area (Å²) in [5.41, 5.74) is -0.435. The van der Waals surface area contributed by atoms with Gasteiger partial charge in [0.2, 0.25) is 5.78 Å². The van der Waals surface area contributed by atoms with E-state index in [0.717, 1.165) is 31.1 Å². The minimum absolute atomic E-state index is 0.416. The number of carbonyl (C=O) groups is 2. The number of carbonyl (C=O) groups excluding carboxylic acids is 1. The molecule has 0 amide bonds. The summed E-state index contributed by atoms with van der Waals surface area (Å²) in [6.45, 7) is 0. The van der Waals surface area contributed by atoms with Gasteiger partial charge in [0.05, 0.1) is 0 Å². The first-order chi connectivity index (χ1) is 9.11. The van der Waals surface area contributed by atoms with E-state index >= 15 is 0 Å². The van der Waals surface area contributed by atoms with Crippen molar-refractivity contribution in [3.63, 3.8) is 0 Å². The van der Waals surface area contributed by atoms with Crippen LogP contribution in [-0.4, -0.2) is 16.9 Å². The van der Waals surface area contributed by atoms with Crippen LogP contribution >= 0.6 is 0 Å². The maximum absolute atomic E-state index is 12.5. The number of ketones is 1. The average molecular weight is 260 g/mol. The van der Waals surface area contributed by atoms with Crippen molar-refractivity contribution in [2.24, 2.45) is 46.8 Å². The topological polar surface area (TPSA) is 54.4 Å². The van der Waals surface area contributed by atoms with Gasteiger partial charge in [-0.25, -0.2) is 4.79 Å². The normalized spacial score (nSPS) is 59.7. The standard InChI is InChI=1S/C16H20O3/c17-14(15(18)19)16-6-8-2-10-9-1-7(4-12(10)16)5-13(16)11(9)3-8/h7-13H,1-6H2,(H,18,19). The van der Waals surface area contributed by atoms with Crippen LogP contribution in [0.5, 0.6) is 0 Å². The lowest BCUT2D eigenvalue weighted by molar-refractivity contribution is -0.247. The van der Waals surface area contributed by atoms with Gasteiger partial charge in [-0.2, -0.15) is 0 Å². The molecule has 4 unspecified atom stereocenters. The maximum Gasteiger partial charge on any atom is 0.372 e. The van der Waals surface area contributed by atoms with E-state index < -0.39 is 17.2 Å². The molecule has 7 aliphatic rings. The highest BCUT2D eigenvalue weighted by atomic mass is 16.4. The summed E-state index contributed by atoms with van der Waals surface area (Å²) in [4.78, 5) is 23.9. The molecule has 0 saturated heterocycles. The second-order valence-corrected chi connectivity index (χ2v) is 7.99. The monoisotopic (exact) mass is 260 g/mol. The Kier molecular flexibility index (Phi) is 1.76. The minimum Gasteiger partial charge on any atom is -0.475 e. The molecule has 3 nitrogen and oxygen atoms in total. The fourth-order valence-corrected chi connectivity index (χ4v) is 7.58. The van der Waals surface area contributed by atoms with E-state index in [0.29, 0.717) is 29.6 Å². The van der Waals surface area contributed by atoms with Crippen molar-refractivity contribution >= 4 is 11.8 Å². The summed E-state index contributed by atoms with van der Waals surface area (Å²) in [5, 5.41) is 9.32. The molecule has 102 valence electrons. The highest BCUT2D eigenvalue weighted by Gasteiger charge is 2.72. The van der Waals surface area contributed by atoms with Crippen LogP contribution in [0, 0.1) is 46.8 Å². The number of rotatable bonds is 2. The van der Waals surface area contributed by atoms with Crippen LogP contribution in [0.25, 0.3) is 0 Å². The van der Waals surface area contributed by atoms with Gasteiger partial charge in [-0.15, -0.1) is 0 Å². The van der Waals surface area contributed by atoms with E-state index in [-0.39, 0.29) is 0 Å². The molecule has 19 heavy (non-hydrogen) atoms. The van der Waals surface area contributed by atoms with Crippen LogP contribution in [0.4, 0.5) is 0 Å². The zero-order valence-electron chi connectivity index (χ0n) is 11.0. The number of aliphatic carboxylic acids is 1. The molecule has 0 aromatic heterocycles. The molecule has 7 aliphatic carbocycles. The van der Waals surface area contributed by atoms with Crippen LogP contribution < -0.4 is 0 Å². The van der Waals surface area contributed by atoms with Crippen molar-refractivity contribution in [3.8, 4) is 0 Å². The van der Waals surface area contributed by atoms with E-state index in [4.69, 9.17) is 0 Å². The second kappa shape index (κ2) is 3.07. The first-order valence-electron chi connectivity index (χ1n) is 7.89. The number of carboxylic acids is 1. The van der Waals surface area contributed by atoms with E-state index in [1.54, 1.807) is 0 Å². The molecule has 0 radical (unpaired) electrons. The number of carboxylic acid groups (broad SMARTS) is 1. The third-order valence-electron chi connectivity index (χ3n) is 7.69. The lowest BCUT2D eigenvalue weighted by atomic mass is 9.30. The fourth-order valence-electron chi connectivity index (χ4n) is 7.58. The Hall–Kier alpha value is -0.860. The quantitative estimate of drug-likeness (QED) is 0.775. The molecular weight excluding hydrogens is 240 g/mol. The molecule has 1 N–H and O–H groups in total. The zero-order chi connectivity index (χ0) is 12.9. The average Bonchev–Trinajstić information content (AvgIpc) is 2.42. The van der Waals surface area contributed by atoms with Gasteiger partial charge in [-0.3, -0.25) is 4.79 Å². The summed E-state index contributed by atoms with van der Waals surface area (Å²) in [6.07, 6.45) is 7.17. The Bertz CT molecular complexity index is 472. The summed E-state index contributed by atoms with van der Waals surface area (Å²) in [5.74, 6) is 2.94. The lowest BCUT2D eigenvalue weighted by Gasteiger charge is -2.73. The summed E-state index contributed by atoms with van der Waals surface area (Å²) < 4.78 is 0. The van der Waals surface area contributed by atoms with E-state index in [2.05, 4.69) is 0 Å². The third kappa shape index (κ3) is 1.02. The largest absolute Gasteiger partial charge is 0.475 e. The Labute approximate surface area is 112 Å². The van der Waals surface area contributed by atoms with Gasteiger partial charge < -0.3 is 5.11 Å². The molecule has 7 saturated carbocycles. The first-order valence-corrected chi connectivity index (χ1v) is 7.89. The zero-order valence-corrected chi connectivity index (χ0v) is 11.0. The van der Waals surface area contributed by atoms with Crippen molar-refractivity contribution in [3.05, 3.63) is 0 Å². The maximum atomic E-state index is 12.5. The van der Waals surface area contributed by atoms with Crippen molar-refractivity contribution in [2.45, 2.75) is 38.5 Å². The van der Waals surface area contributed by atoms with Crippen LogP contribution in [-0.2, 0) is 9.59 Å². The minimum atomic E-state index is -1.16. The molecule has 8 bridgehead atoms. The van der Waals surface area contributed by atoms with Crippen LogP contribution in [0.15, 0.2) is 0 Å². The third-order valence-corrected chi connectivity index (χ3v) is 7.69. The lowest BCUT2D eigenvalue weighted by Crippen LogP contribution is -2.70. The van der Waals surface area contributed by atoms with Gasteiger partial charge in [0.25, 0.3) is 0 Å². The Morgan fingerprint density at radius 3 is 2.00 bits per heavy atom. The molecular formula is C16H20O3. The highest BCUT2D eigenvalue weighted by molar-refractivity contribution is 6.35. The summed E-state index contributed by atoms with van der Waals surface area (Å²) in [6, 6.07) is 0. The smallest absolute Gasteiger partial charge is 0.372 e. The van der Waals surface area contributed by atoms with Gasteiger partial charge in [0.15, 0.2) is 0 Å². The summed E-state index contributed by atoms with van der Waals surface area (Å²) >= 11 is 0. The van der Waals surface area contributed by atoms with Crippen molar-refractivity contribution < 1.29 is 14.7 Å². The SMILES string of the molecule is O=C(O)C(=O)C12CC3CC4C5CC(CC41)CC2C5C3. The first kappa shape index (κ1) is 10.9. The number of hydrogen-bond donors (Lipinski definition) is 1. The molecule has 0 spiro atoms. The van der Waals surface area contributed by atoms with Crippen molar-refractivity contribution in [1.82, 2.24) is 0 Å². The Morgan fingerprint density at radius 1 is 0.842 bits per heavy atom. The van der Waals surface area contributed by atoms with E-state index in [1.165, 1.54) is 19.3 Å². The molecule has 0 heterocycles. The molecule has 7 fully saturated rings. The molecule has 3 heteroatoms. The van der Waals surface area contributed by atoms with E-state index in [1.807, 2.05) is 0 Å². The number of hydrogen-bond acceptors (Lipinski definition) is 2. The van der Waals surface area contributed by atoms with E-state index in [9.17, 15) is 14.7 Å². The second-order valence-electron chi connectivity index (χ2n) is 7.99. The molecule has 0 aliphatic heterocycles. The predicted molar refractivity (Wildman–Crippen MR) is 67.2 cm³/mol. The fraction of sp³-hybridized carbons (Fsp3) is 0.875. The van der Waals surface area contributed by atoms with Crippen LogP contribution in [0.1, 0.15) is 38.5 Å². The Morgan fingerprint density at radius 2 is 1.42 bits per heavy atom. The highest BCUT2D eigenvalue weighted by Crippen LogP contribution is 2.76. The van der Waals surface area contributed by atoms with Crippen LogP contribution in [0.3, 0.4) is 0 Å². The molecule has 4 atom stereocenters. The van der Waals surface area contributed by atoms with Crippen molar-refractivity contribution in [2.75, 3.05) is 0 Å². The van der Waals surface area contributed by atoms with Gasteiger partial charge in [0.1, 0.15) is 0 Å². The van der Waals surface area contributed by atoms with Crippen LogP contribution in [0.2, 0.25) is 0 Å². The molecule has 7 rings (SSSR count). The predicted octanol–water partition coefficient (Wildman–Crippen LogP) is 2.35. The molecule has 0 aromatic rings.